The number of hydrogen-bond acceptors (Lipinski definition) is 9. The number of thiophene rings is 1. The van der Waals surface area contributed by atoms with Crippen LogP contribution in [-0.4, -0.2) is 93.1 Å². The number of nitrogens with one attached hydrogen (secondary N) is 4. The van der Waals surface area contributed by atoms with Crippen LogP contribution in [0.1, 0.15) is 101 Å². The third-order valence-electron chi connectivity index (χ3n) is 11.9. The maximum Gasteiger partial charge on any atom is 0.407 e. The minimum absolute atomic E-state index is 0.106. The fraction of sp³-hybridized carbons (Fsp3) is 0.488. The Kier molecular flexibility index (Phi) is 10.9. The third-order valence-corrected chi connectivity index (χ3v) is 13.1. The molecule has 3 aromatic heterocycles. The summed E-state index contributed by atoms with van der Waals surface area (Å²) >= 11 is 1.75. The zero-order valence-corrected chi connectivity index (χ0v) is 34.7. The predicted octanol–water partition coefficient (Wildman–Crippen LogP) is 7.80. The number of carbonyl (C=O) groups is 4. The van der Waals surface area contributed by atoms with Crippen molar-refractivity contribution < 1.29 is 28.7 Å². The fourth-order valence-electron chi connectivity index (χ4n) is 8.60. The van der Waals surface area contributed by atoms with Crippen molar-refractivity contribution in [2.24, 2.45) is 11.8 Å². The van der Waals surface area contributed by atoms with Crippen LogP contribution in [0.4, 0.5) is 9.59 Å². The van der Waals surface area contributed by atoms with Gasteiger partial charge < -0.3 is 39.9 Å². The number of aromatic nitrogens is 4. The molecule has 4 atom stereocenters. The maximum absolute atomic E-state index is 13.8. The Morgan fingerprint density at radius 3 is 2.00 bits per heavy atom. The summed E-state index contributed by atoms with van der Waals surface area (Å²) in [5.74, 6) is 1.54. The van der Waals surface area contributed by atoms with Gasteiger partial charge in [0.25, 0.3) is 0 Å². The zero-order chi connectivity index (χ0) is 40.8. The number of H-pyrrole nitrogens is 2. The number of alkyl carbamates (subject to hydrolysis) is 2. The van der Waals surface area contributed by atoms with E-state index in [0.29, 0.717) is 19.0 Å². The smallest absolute Gasteiger partial charge is 0.407 e. The molecular formula is C43H52N8O6S. The van der Waals surface area contributed by atoms with E-state index in [0.717, 1.165) is 88.1 Å². The van der Waals surface area contributed by atoms with E-state index >= 15 is 0 Å². The summed E-state index contributed by atoms with van der Waals surface area (Å²) in [5, 5.41) is 7.57. The quantitative estimate of drug-likeness (QED) is 0.105. The second-order valence-corrected chi connectivity index (χ2v) is 17.5. The molecule has 2 aromatic carbocycles. The van der Waals surface area contributed by atoms with E-state index in [9.17, 15) is 19.2 Å². The highest BCUT2D eigenvalue weighted by atomic mass is 32.1. The first kappa shape index (κ1) is 39.4. The van der Waals surface area contributed by atoms with Crippen LogP contribution in [0.3, 0.4) is 0 Å². The molecule has 2 saturated heterocycles. The Hall–Kier alpha value is -5.44. The molecule has 306 valence electrons. The lowest BCUT2D eigenvalue weighted by molar-refractivity contribution is -0.136. The second-order valence-electron chi connectivity index (χ2n) is 16.5. The van der Waals surface area contributed by atoms with Gasteiger partial charge in [-0.1, -0.05) is 45.9 Å². The summed E-state index contributed by atoms with van der Waals surface area (Å²) in [6, 6.07) is 11.3. The van der Waals surface area contributed by atoms with Crippen LogP contribution in [0.15, 0.2) is 42.6 Å². The first-order valence-corrected chi connectivity index (χ1v) is 21.2. The van der Waals surface area contributed by atoms with Gasteiger partial charge in [-0.3, -0.25) is 9.59 Å². The van der Waals surface area contributed by atoms with Crippen molar-refractivity contribution in [3.63, 3.8) is 0 Å². The standard InChI is InChI=1S/C43H52N8O6S/c1-22(2)34(48-42(54)56-5)40(52)50-17-7-9-31(50)38-44-21-30(46-38)33-20-28(24-11-12-24)37(58-33)26-13-15-27-25(19-26)14-16-29-36(27)47-39(45-29)32-10-8-18-51(32)41(53)35(23(3)4)49-43(55)57-6/h13-16,19-24,31-32,34-35H,7-12,17-18H2,1-6H3,(H,44,46)(H,45,47)(H,48,54)(H,49,55)/t31-,32-,34-,35-/m0/s1. The largest absolute Gasteiger partial charge is 0.453 e. The van der Waals surface area contributed by atoms with E-state index in [-0.39, 0.29) is 35.7 Å². The van der Waals surface area contributed by atoms with Crippen LogP contribution in [0.2, 0.25) is 0 Å². The van der Waals surface area contributed by atoms with Crippen LogP contribution < -0.4 is 10.6 Å². The maximum atomic E-state index is 13.8. The molecular weight excluding hydrogens is 757 g/mol. The molecule has 0 bridgehead atoms. The molecule has 4 N–H and O–H groups in total. The van der Waals surface area contributed by atoms with E-state index < -0.39 is 24.3 Å². The van der Waals surface area contributed by atoms with Crippen LogP contribution in [-0.2, 0) is 19.1 Å². The highest BCUT2D eigenvalue weighted by molar-refractivity contribution is 7.19. The van der Waals surface area contributed by atoms with E-state index in [1.165, 1.54) is 24.7 Å². The molecule has 1 aliphatic carbocycles. The number of nitrogens with zero attached hydrogens (tertiary/aromatic N) is 4. The van der Waals surface area contributed by atoms with Crippen molar-refractivity contribution >= 4 is 57.1 Å². The molecule has 5 aromatic rings. The number of hydrogen-bond donors (Lipinski definition) is 4. The van der Waals surface area contributed by atoms with E-state index in [2.05, 4.69) is 57.0 Å². The second kappa shape index (κ2) is 16.1. The molecule has 0 unspecified atom stereocenters. The highest BCUT2D eigenvalue weighted by Gasteiger charge is 2.39. The fourth-order valence-corrected chi connectivity index (χ4v) is 9.81. The SMILES string of the molecule is COC(=O)N[C@H](C(=O)N1CCC[C@H]1c1ncc(-c2cc(C3CC3)c(-c3ccc4c(ccc5[nH]c([C@@H]6CCCN6C(=O)[C@@H](NC(=O)OC)C(C)C)nc54)c3)s2)[nH]1)C(C)C. The molecule has 58 heavy (non-hydrogen) atoms. The van der Waals surface area contributed by atoms with Crippen molar-refractivity contribution in [3.8, 4) is 21.0 Å². The number of benzene rings is 2. The Labute approximate surface area is 341 Å². The Bertz CT molecular complexity index is 2360. The Balaban J connectivity index is 1.05. The summed E-state index contributed by atoms with van der Waals surface area (Å²) in [6.45, 7) is 8.85. The van der Waals surface area contributed by atoms with Gasteiger partial charge in [-0.05, 0) is 91.0 Å². The normalized spacial score (nSPS) is 19.3. The minimum Gasteiger partial charge on any atom is -0.453 e. The number of ether oxygens (including phenoxy) is 2. The molecule has 3 aliphatic rings. The van der Waals surface area contributed by atoms with Crippen molar-refractivity contribution in [1.29, 1.82) is 0 Å². The van der Waals surface area contributed by atoms with Crippen molar-refractivity contribution in [3.05, 3.63) is 59.8 Å². The molecule has 0 radical (unpaired) electrons. The van der Waals surface area contributed by atoms with Gasteiger partial charge in [-0.25, -0.2) is 19.6 Å². The molecule has 1 saturated carbocycles. The molecule has 8 rings (SSSR count). The first-order chi connectivity index (χ1) is 27.9. The zero-order valence-electron chi connectivity index (χ0n) is 33.9. The summed E-state index contributed by atoms with van der Waals surface area (Å²) in [4.78, 5) is 74.6. The monoisotopic (exact) mass is 808 g/mol. The molecule has 0 spiro atoms. The summed E-state index contributed by atoms with van der Waals surface area (Å²) in [5.41, 5.74) is 5.20. The van der Waals surface area contributed by atoms with Gasteiger partial charge in [-0.2, -0.15) is 0 Å². The lowest BCUT2D eigenvalue weighted by Crippen LogP contribution is -2.51. The van der Waals surface area contributed by atoms with Crippen LogP contribution >= 0.6 is 11.3 Å². The number of aromatic amines is 2. The molecule has 3 fully saturated rings. The van der Waals surface area contributed by atoms with Gasteiger partial charge in [-0.15, -0.1) is 11.3 Å². The van der Waals surface area contributed by atoms with Crippen molar-refractivity contribution in [1.82, 2.24) is 40.4 Å². The number of carbonyl (C=O) groups excluding carboxylic acids is 4. The number of imidazole rings is 2. The van der Waals surface area contributed by atoms with Gasteiger partial charge in [0.15, 0.2) is 0 Å². The topological polar surface area (TPSA) is 175 Å². The van der Waals surface area contributed by atoms with Gasteiger partial charge in [0.2, 0.25) is 11.8 Å². The van der Waals surface area contributed by atoms with E-state index in [4.69, 9.17) is 19.4 Å². The molecule has 14 nitrogen and oxygen atoms in total. The van der Waals surface area contributed by atoms with Crippen LogP contribution in [0.25, 0.3) is 42.8 Å². The number of methoxy groups -OCH3 is 2. The van der Waals surface area contributed by atoms with Gasteiger partial charge in [0.1, 0.15) is 23.7 Å². The third kappa shape index (κ3) is 7.51. The summed E-state index contributed by atoms with van der Waals surface area (Å²) < 4.78 is 9.60. The van der Waals surface area contributed by atoms with Gasteiger partial charge >= 0.3 is 12.2 Å². The summed E-state index contributed by atoms with van der Waals surface area (Å²) in [7, 11) is 2.60. The number of rotatable bonds is 11. The van der Waals surface area contributed by atoms with Crippen LogP contribution in [0.5, 0.6) is 0 Å². The Morgan fingerprint density at radius 1 is 0.793 bits per heavy atom. The highest BCUT2D eigenvalue weighted by Crippen LogP contribution is 2.50. The molecule has 4 amide bonds. The van der Waals surface area contributed by atoms with E-state index in [1.807, 2.05) is 43.7 Å². The lowest BCUT2D eigenvalue weighted by atomic mass is 10.0. The van der Waals surface area contributed by atoms with Crippen molar-refractivity contribution in [2.75, 3.05) is 27.3 Å². The average molecular weight is 809 g/mol. The summed E-state index contributed by atoms with van der Waals surface area (Å²) in [6.07, 6.45) is 6.23. The molecule has 2 aliphatic heterocycles. The van der Waals surface area contributed by atoms with Gasteiger partial charge in [0.05, 0.1) is 54.1 Å². The first-order valence-electron chi connectivity index (χ1n) is 20.4. The number of fused-ring (bicyclic) bond motifs is 3. The van der Waals surface area contributed by atoms with Crippen molar-refractivity contribution in [2.45, 2.75) is 96.3 Å². The van der Waals surface area contributed by atoms with E-state index in [1.54, 1.807) is 11.3 Å². The van der Waals surface area contributed by atoms with Gasteiger partial charge in [0, 0.05) is 23.4 Å². The predicted molar refractivity (Wildman–Crippen MR) is 222 cm³/mol. The Morgan fingerprint density at radius 2 is 1.41 bits per heavy atom. The number of amides is 4. The molecule has 15 heteroatoms. The lowest BCUT2D eigenvalue weighted by Gasteiger charge is -2.30. The number of likely N-dealkylation sites (tertiary alicyclic amines) is 2. The average Bonchev–Trinajstić information content (AvgIpc) is 3.81. The minimum atomic E-state index is -0.695. The molecule has 5 heterocycles. The van der Waals surface area contributed by atoms with Crippen LogP contribution in [0, 0.1) is 11.8 Å².